The Morgan fingerprint density at radius 2 is 2.00 bits per heavy atom. The van der Waals surface area contributed by atoms with E-state index in [4.69, 9.17) is 14.2 Å². The zero-order valence-electron chi connectivity index (χ0n) is 18.8. The molecule has 2 unspecified atom stereocenters. The summed E-state index contributed by atoms with van der Waals surface area (Å²) in [5.41, 5.74) is 4.12. The van der Waals surface area contributed by atoms with Gasteiger partial charge >= 0.3 is 6.16 Å². The molecule has 0 fully saturated rings. The van der Waals surface area contributed by atoms with E-state index in [1.54, 1.807) is 6.92 Å². The predicted octanol–water partition coefficient (Wildman–Crippen LogP) is 6.65. The Labute approximate surface area is 180 Å². The molecule has 0 spiro atoms. The Bertz CT molecular complexity index is 765. The van der Waals surface area contributed by atoms with Crippen LogP contribution in [-0.2, 0) is 15.9 Å². The van der Waals surface area contributed by atoms with Crippen LogP contribution in [0, 0.1) is 5.92 Å². The minimum absolute atomic E-state index is 0.0291. The highest BCUT2D eigenvalue weighted by atomic mass is 16.8. The normalized spacial score (nSPS) is 18.5. The molecule has 0 bridgehead atoms. The first-order chi connectivity index (χ1) is 14.4. The van der Waals surface area contributed by atoms with E-state index in [0.717, 1.165) is 55.2 Å². The molecule has 0 saturated carbocycles. The van der Waals surface area contributed by atoms with Crippen molar-refractivity contribution in [2.24, 2.45) is 5.92 Å². The van der Waals surface area contributed by atoms with Crippen molar-refractivity contribution >= 4 is 6.16 Å². The van der Waals surface area contributed by atoms with Crippen LogP contribution in [0.5, 0.6) is 11.5 Å². The molecule has 2 atom stereocenters. The average Bonchev–Trinajstić information content (AvgIpc) is 2.68. The van der Waals surface area contributed by atoms with Gasteiger partial charge in [-0.1, -0.05) is 43.6 Å². The number of unbranched alkanes of at least 4 members (excludes halogenated alkanes) is 2. The lowest BCUT2D eigenvalue weighted by Crippen LogP contribution is -2.19. The fourth-order valence-corrected chi connectivity index (χ4v) is 4.05. The van der Waals surface area contributed by atoms with Gasteiger partial charge in [0.15, 0.2) is 0 Å². The molecule has 1 aliphatic rings. The second-order valence-electron chi connectivity index (χ2n) is 8.10. The predicted molar refractivity (Wildman–Crippen MR) is 119 cm³/mol. The lowest BCUT2D eigenvalue weighted by molar-refractivity contribution is 0.00635. The first kappa shape index (κ1) is 23.8. The van der Waals surface area contributed by atoms with Crippen LogP contribution in [0.2, 0.25) is 0 Å². The van der Waals surface area contributed by atoms with Gasteiger partial charge in [0, 0.05) is 11.5 Å². The average molecular weight is 417 g/mol. The summed E-state index contributed by atoms with van der Waals surface area (Å²) in [6.45, 7) is 12.2. The Hall–Kier alpha value is -2.43. The third-order valence-electron chi connectivity index (χ3n) is 5.62. The van der Waals surface area contributed by atoms with Gasteiger partial charge in [0.05, 0.1) is 6.61 Å². The van der Waals surface area contributed by atoms with Crippen molar-refractivity contribution in [2.45, 2.75) is 72.1 Å². The Morgan fingerprint density at radius 3 is 2.67 bits per heavy atom. The molecule has 0 heterocycles. The Balaban J connectivity index is 2.36. The van der Waals surface area contributed by atoms with E-state index in [1.165, 1.54) is 5.57 Å². The highest BCUT2D eigenvalue weighted by Crippen LogP contribution is 2.47. The molecule has 0 aromatic heterocycles. The van der Waals surface area contributed by atoms with E-state index >= 15 is 0 Å². The van der Waals surface area contributed by atoms with Gasteiger partial charge in [0.25, 0.3) is 0 Å². The number of carbonyl (C=O) groups is 1. The molecule has 0 saturated heterocycles. The van der Waals surface area contributed by atoms with E-state index in [2.05, 4.69) is 26.5 Å². The van der Waals surface area contributed by atoms with Crippen LogP contribution in [0.15, 0.2) is 35.9 Å². The number of hydrogen-bond acceptors (Lipinski definition) is 5. The van der Waals surface area contributed by atoms with E-state index in [-0.39, 0.29) is 31.0 Å². The maximum absolute atomic E-state index is 11.5. The van der Waals surface area contributed by atoms with E-state index in [1.807, 2.05) is 19.1 Å². The van der Waals surface area contributed by atoms with Gasteiger partial charge in [-0.2, -0.15) is 0 Å². The van der Waals surface area contributed by atoms with Crippen LogP contribution >= 0.6 is 0 Å². The van der Waals surface area contributed by atoms with Crippen LogP contribution in [0.3, 0.4) is 0 Å². The summed E-state index contributed by atoms with van der Waals surface area (Å²) in [5, 5.41) is 11.0. The molecule has 0 aliphatic heterocycles. The number of benzene rings is 1. The number of phenolic OH excluding ortho intramolecular Hbond substituents is 1. The number of hydrogen-bond donors (Lipinski definition) is 1. The Kier molecular flexibility index (Phi) is 9.28. The van der Waals surface area contributed by atoms with Crippen LogP contribution in [0.4, 0.5) is 4.79 Å². The maximum atomic E-state index is 11.5. The maximum Gasteiger partial charge on any atom is 0.511 e. The molecule has 166 valence electrons. The summed E-state index contributed by atoms with van der Waals surface area (Å²) in [7, 11) is 0. The van der Waals surface area contributed by atoms with E-state index in [9.17, 15) is 9.90 Å². The van der Waals surface area contributed by atoms with E-state index < -0.39 is 6.16 Å². The van der Waals surface area contributed by atoms with Gasteiger partial charge in [0.1, 0.15) is 11.5 Å². The van der Waals surface area contributed by atoms with Crippen LogP contribution in [0.1, 0.15) is 76.8 Å². The van der Waals surface area contributed by atoms with Crippen molar-refractivity contribution in [3.05, 3.63) is 47.1 Å². The number of rotatable bonds is 10. The molecular formula is C25H36O5. The summed E-state index contributed by atoms with van der Waals surface area (Å²) in [6.07, 6.45) is 7.61. The van der Waals surface area contributed by atoms with Crippen molar-refractivity contribution in [1.82, 2.24) is 0 Å². The molecule has 1 N–H and O–H groups in total. The smallest absolute Gasteiger partial charge is 0.507 e. The van der Waals surface area contributed by atoms with Crippen molar-refractivity contribution in [3.63, 3.8) is 0 Å². The van der Waals surface area contributed by atoms with E-state index in [0.29, 0.717) is 5.75 Å². The topological polar surface area (TPSA) is 65.0 Å². The zero-order chi connectivity index (χ0) is 22.1. The van der Waals surface area contributed by atoms with Crippen molar-refractivity contribution in [2.75, 3.05) is 13.4 Å². The number of aromatic hydroxyl groups is 1. The molecule has 5 nitrogen and oxygen atoms in total. The van der Waals surface area contributed by atoms with Crippen molar-refractivity contribution in [1.29, 1.82) is 0 Å². The van der Waals surface area contributed by atoms with Gasteiger partial charge in [0.2, 0.25) is 6.79 Å². The summed E-state index contributed by atoms with van der Waals surface area (Å²) in [6, 6.07) is 3.81. The first-order valence-electron chi connectivity index (χ1n) is 11.0. The number of carbonyl (C=O) groups excluding carboxylic acids is 1. The molecule has 2 rings (SSSR count). The first-order valence-corrected chi connectivity index (χ1v) is 11.0. The second-order valence-corrected chi connectivity index (χ2v) is 8.10. The molecule has 1 aromatic rings. The molecule has 30 heavy (non-hydrogen) atoms. The summed E-state index contributed by atoms with van der Waals surface area (Å²) in [4.78, 5) is 11.5. The van der Waals surface area contributed by atoms with Gasteiger partial charge in [-0.15, -0.1) is 0 Å². The fourth-order valence-electron chi connectivity index (χ4n) is 4.05. The Morgan fingerprint density at radius 1 is 1.23 bits per heavy atom. The lowest BCUT2D eigenvalue weighted by atomic mass is 9.73. The highest BCUT2D eigenvalue weighted by Gasteiger charge is 2.30. The minimum atomic E-state index is -0.768. The molecule has 1 aliphatic carbocycles. The van der Waals surface area contributed by atoms with Crippen LogP contribution < -0.4 is 4.74 Å². The minimum Gasteiger partial charge on any atom is -0.507 e. The SMILES string of the molecule is C=C(C)C1CCC(C)=CC1c1c(O)cc(CCCCC)cc1OCOC(=O)OCC. The van der Waals surface area contributed by atoms with Gasteiger partial charge in [-0.25, -0.2) is 4.79 Å². The highest BCUT2D eigenvalue weighted by molar-refractivity contribution is 5.59. The number of ether oxygens (including phenoxy) is 3. The molecule has 1 aromatic carbocycles. The van der Waals surface area contributed by atoms with Crippen LogP contribution in [0.25, 0.3) is 0 Å². The summed E-state index contributed by atoms with van der Waals surface area (Å²) < 4.78 is 15.7. The number of allylic oxidation sites excluding steroid dienone is 3. The molecule has 0 radical (unpaired) electrons. The van der Waals surface area contributed by atoms with Crippen molar-refractivity contribution in [3.8, 4) is 11.5 Å². The van der Waals surface area contributed by atoms with Crippen molar-refractivity contribution < 1.29 is 24.1 Å². The monoisotopic (exact) mass is 416 g/mol. The lowest BCUT2D eigenvalue weighted by Gasteiger charge is -2.32. The quantitative estimate of drug-likeness (QED) is 0.200. The van der Waals surface area contributed by atoms with Gasteiger partial charge < -0.3 is 19.3 Å². The fraction of sp³-hybridized carbons (Fsp3) is 0.560. The molecular weight excluding hydrogens is 380 g/mol. The summed E-state index contributed by atoms with van der Waals surface area (Å²) in [5.74, 6) is 0.961. The standard InChI is InChI=1S/C25H36O5/c1-6-8-9-10-19-14-22(26)24(21-13-18(5)11-12-20(21)17(3)4)23(15-19)29-16-30-25(27)28-7-2/h13-15,20-21,26H,3,6-12,16H2,1-2,4-5H3. The van der Waals surface area contributed by atoms with Crippen LogP contribution in [-0.4, -0.2) is 24.7 Å². The largest absolute Gasteiger partial charge is 0.511 e. The third kappa shape index (κ3) is 6.54. The van der Waals surface area contributed by atoms with Gasteiger partial charge in [-0.05, 0) is 70.1 Å². The number of phenols is 1. The third-order valence-corrected chi connectivity index (χ3v) is 5.62. The van der Waals surface area contributed by atoms with Gasteiger partial charge in [-0.3, -0.25) is 0 Å². The number of aryl methyl sites for hydroxylation is 1. The zero-order valence-corrected chi connectivity index (χ0v) is 18.8. The molecule has 5 heteroatoms. The second kappa shape index (κ2) is 11.7. The molecule has 0 amide bonds. The summed E-state index contributed by atoms with van der Waals surface area (Å²) >= 11 is 0.